The number of phenols is 1. The molecular formula is C24H23AsN4O6S. The van der Waals surface area contributed by atoms with Gasteiger partial charge in [-0.1, -0.05) is 18.2 Å². The number of carbonyl (C=O) groups is 2. The summed E-state index contributed by atoms with van der Waals surface area (Å²) in [5.41, 5.74) is 8.96. The number of nitrogens with zero attached hydrogens (tertiary/aromatic N) is 1. The first-order valence-corrected chi connectivity index (χ1v) is 14.6. The summed E-state index contributed by atoms with van der Waals surface area (Å²) < 4.78 is 28.2. The Morgan fingerprint density at radius 2 is 1.72 bits per heavy atom. The minimum Gasteiger partial charge on any atom is -0.397 e. The number of nitrogens with two attached hydrogens (primary N) is 1. The predicted molar refractivity (Wildman–Crippen MR) is 139 cm³/mol. The maximum absolute atomic E-state index is 12.1. The van der Waals surface area contributed by atoms with E-state index in [-0.39, 0.29) is 17.5 Å². The van der Waals surface area contributed by atoms with Crippen LogP contribution >= 0.6 is 11.3 Å². The van der Waals surface area contributed by atoms with E-state index in [1.54, 1.807) is 35.7 Å². The minimum atomic E-state index is -5.09. The van der Waals surface area contributed by atoms with Gasteiger partial charge in [-0.3, -0.25) is 4.79 Å². The zero-order valence-electron chi connectivity index (χ0n) is 19.0. The van der Waals surface area contributed by atoms with Crippen LogP contribution < -0.4 is 20.7 Å². The fourth-order valence-corrected chi connectivity index (χ4v) is 4.97. The van der Waals surface area contributed by atoms with Crippen molar-refractivity contribution >= 4 is 58.7 Å². The number of nitrogen functional groups attached to an aromatic ring is 1. The van der Waals surface area contributed by atoms with Crippen molar-refractivity contribution < 1.29 is 26.6 Å². The van der Waals surface area contributed by atoms with Crippen molar-refractivity contribution in [1.82, 2.24) is 4.98 Å². The summed E-state index contributed by atoms with van der Waals surface area (Å²) >= 11 is -3.54. The Hall–Kier alpha value is -3.89. The number of nitrogens with one attached hydrogen (secondary N) is 2. The van der Waals surface area contributed by atoms with E-state index < -0.39 is 24.3 Å². The van der Waals surface area contributed by atoms with E-state index in [2.05, 4.69) is 15.6 Å². The molecule has 0 bridgehead atoms. The molecule has 0 fully saturated rings. The van der Waals surface area contributed by atoms with Gasteiger partial charge < -0.3 is 11.1 Å². The van der Waals surface area contributed by atoms with E-state index in [0.29, 0.717) is 16.9 Å². The molecule has 0 atom stereocenters. The van der Waals surface area contributed by atoms with Gasteiger partial charge in [-0.05, 0) is 30.3 Å². The van der Waals surface area contributed by atoms with Crippen molar-refractivity contribution in [1.29, 1.82) is 0 Å². The second-order valence-corrected chi connectivity index (χ2v) is 11.6. The molecule has 0 aliphatic carbocycles. The number of carbonyl (C=O) groups excluding carboxylic acids is 2. The molecule has 3 aromatic carbocycles. The van der Waals surface area contributed by atoms with Gasteiger partial charge in [0, 0.05) is 22.7 Å². The predicted octanol–water partition coefficient (Wildman–Crippen LogP) is 2.56. The van der Waals surface area contributed by atoms with Crippen LogP contribution in [-0.2, 0) is 8.53 Å². The number of benzene rings is 3. The topological polar surface area (TPSA) is 175 Å². The Balaban J connectivity index is 0.000000214. The maximum Gasteiger partial charge on any atom is 0.255 e. The Morgan fingerprint density at radius 1 is 1.00 bits per heavy atom. The van der Waals surface area contributed by atoms with Crippen molar-refractivity contribution in [3.63, 3.8) is 0 Å². The Labute approximate surface area is 213 Å². The fraction of sp³-hybridized carbons (Fsp3) is 0.0417. The minimum absolute atomic E-state index is 0.177. The van der Waals surface area contributed by atoms with Crippen molar-refractivity contribution in [2.75, 3.05) is 16.4 Å². The van der Waals surface area contributed by atoms with Crippen LogP contribution in [0.1, 0.15) is 17.3 Å². The molecule has 186 valence electrons. The number of rotatable bonds is 5. The molecule has 0 aliphatic rings. The van der Waals surface area contributed by atoms with E-state index in [1.165, 1.54) is 13.0 Å². The second kappa shape index (κ2) is 11.7. The van der Waals surface area contributed by atoms with Gasteiger partial charge in [0.25, 0.3) is 5.91 Å². The molecule has 0 spiro atoms. The van der Waals surface area contributed by atoms with Gasteiger partial charge in [0.1, 0.15) is 5.01 Å². The van der Waals surface area contributed by atoms with E-state index >= 15 is 0 Å². The molecule has 36 heavy (non-hydrogen) atoms. The van der Waals surface area contributed by atoms with Crippen LogP contribution in [0, 0.1) is 0 Å². The Kier molecular flexibility index (Phi) is 8.68. The zero-order chi connectivity index (χ0) is 26.3. The molecule has 0 radical (unpaired) electrons. The normalized spacial score (nSPS) is 10.6. The zero-order valence-corrected chi connectivity index (χ0v) is 21.6. The summed E-state index contributed by atoms with van der Waals surface area (Å²) in [4.78, 5) is 27.0. The van der Waals surface area contributed by atoms with Crippen LogP contribution in [0.25, 0.3) is 10.6 Å². The summed E-state index contributed by atoms with van der Waals surface area (Å²) in [6.07, 6.45) is 1.75. The molecule has 0 unspecified atom stereocenters. The molecular weight excluding hydrogens is 547 g/mol. The van der Waals surface area contributed by atoms with Crippen LogP contribution in [0.3, 0.4) is 0 Å². The number of anilines is 3. The molecule has 7 N–H and O–H groups in total. The van der Waals surface area contributed by atoms with Crippen molar-refractivity contribution in [3.05, 3.63) is 83.9 Å². The molecule has 2 amide bonds. The van der Waals surface area contributed by atoms with E-state index in [1.807, 2.05) is 35.7 Å². The molecule has 0 saturated carbocycles. The second-order valence-electron chi connectivity index (χ2n) is 7.39. The first-order valence-electron chi connectivity index (χ1n) is 10.4. The van der Waals surface area contributed by atoms with Gasteiger partial charge >= 0.3 is 88.1 Å². The van der Waals surface area contributed by atoms with Crippen LogP contribution in [0.5, 0.6) is 5.75 Å². The number of aromatic nitrogens is 1. The Morgan fingerprint density at radius 3 is 2.28 bits per heavy atom. The standard InChI is InChI=1S/C16H13N3OS.C8H10AsNO5/c17-13-10-12(16-18-8-9-21-16)6-7-14(13)19-15(20)11-4-2-1-3-5-11;1-5(11)10-6-2-3-7(8(12)4-6)9(13,14)15/h1-10H,17H2,(H,19,20);2-4,12H,1H3,(H,10,11)(H2,13,14,15). The van der Waals surface area contributed by atoms with Crippen LogP contribution in [0.4, 0.5) is 17.1 Å². The summed E-state index contributed by atoms with van der Waals surface area (Å²) in [6, 6.07) is 18.1. The number of hydrogen-bond acceptors (Lipinski definition) is 7. The quantitative estimate of drug-likeness (QED) is 0.157. The number of aromatic hydroxyl groups is 1. The fourth-order valence-electron chi connectivity index (χ4n) is 3.01. The monoisotopic (exact) mass is 570 g/mol. The molecule has 0 aliphatic heterocycles. The van der Waals surface area contributed by atoms with E-state index in [4.69, 9.17) is 13.9 Å². The molecule has 10 nitrogen and oxygen atoms in total. The van der Waals surface area contributed by atoms with Gasteiger partial charge in [-0.15, -0.1) is 11.3 Å². The Bertz CT molecular complexity index is 1410. The maximum atomic E-state index is 12.1. The first-order chi connectivity index (χ1) is 17.0. The van der Waals surface area contributed by atoms with E-state index in [0.717, 1.165) is 22.7 Å². The van der Waals surface area contributed by atoms with E-state index in [9.17, 15) is 18.4 Å². The number of amides is 2. The third-order valence-electron chi connectivity index (χ3n) is 4.62. The third-order valence-corrected chi connectivity index (χ3v) is 7.56. The van der Waals surface area contributed by atoms with Gasteiger partial charge in [-0.25, -0.2) is 4.98 Å². The van der Waals surface area contributed by atoms with Crippen LogP contribution in [0.2, 0.25) is 0 Å². The molecule has 4 aromatic rings. The number of phenolic OH excluding ortho intramolecular Hbond substituents is 1. The summed E-state index contributed by atoms with van der Waals surface area (Å²) in [5, 5.41) is 17.3. The van der Waals surface area contributed by atoms with Crippen molar-refractivity contribution in [2.45, 2.75) is 6.92 Å². The molecule has 0 saturated heterocycles. The van der Waals surface area contributed by atoms with Gasteiger partial charge in [0.2, 0.25) is 0 Å². The molecule has 1 heterocycles. The third kappa shape index (κ3) is 7.30. The van der Waals surface area contributed by atoms with Crippen LogP contribution in [0.15, 0.2) is 78.3 Å². The summed E-state index contributed by atoms with van der Waals surface area (Å²) in [5.74, 6) is -1.03. The van der Waals surface area contributed by atoms with Crippen LogP contribution in [-0.4, -0.2) is 44.3 Å². The van der Waals surface area contributed by atoms with Crippen molar-refractivity contribution in [2.24, 2.45) is 0 Å². The molecule has 4 rings (SSSR count). The number of hydrogen-bond donors (Lipinski definition) is 6. The average Bonchev–Trinajstić information content (AvgIpc) is 3.35. The van der Waals surface area contributed by atoms with Crippen molar-refractivity contribution in [3.8, 4) is 16.3 Å². The summed E-state index contributed by atoms with van der Waals surface area (Å²) in [7, 11) is 0. The van der Waals surface area contributed by atoms with Gasteiger partial charge in [0.15, 0.2) is 0 Å². The molecule has 12 heteroatoms. The van der Waals surface area contributed by atoms with Gasteiger partial charge in [0.05, 0.1) is 11.4 Å². The smallest absolute Gasteiger partial charge is 0.255 e. The summed E-state index contributed by atoms with van der Waals surface area (Å²) in [6.45, 7) is 1.29. The first kappa shape index (κ1) is 26.7. The molecule has 1 aromatic heterocycles. The largest absolute Gasteiger partial charge is 0.397 e. The average molecular weight is 570 g/mol. The number of thiazole rings is 1. The SMILES string of the molecule is CC(=O)Nc1ccc([As](=O)(O)O)c(O)c1.Nc1cc(-c2nccs2)ccc1NC(=O)c1ccccc1. The van der Waals surface area contributed by atoms with Gasteiger partial charge in [-0.2, -0.15) is 0 Å².